The normalized spacial score (nSPS) is 11.2. The summed E-state index contributed by atoms with van der Waals surface area (Å²) in [5.41, 5.74) is 0.919. The third-order valence-corrected chi connectivity index (χ3v) is 3.76. The van der Waals surface area contributed by atoms with Crippen molar-refractivity contribution < 1.29 is 31.6 Å². The smallest absolute Gasteiger partial charge is 0.387 e. The molecule has 11 heteroatoms. The van der Waals surface area contributed by atoms with Crippen LogP contribution in [0.5, 0.6) is 11.5 Å². The molecule has 0 saturated heterocycles. The van der Waals surface area contributed by atoms with Crippen LogP contribution < -0.4 is 14.8 Å². The van der Waals surface area contributed by atoms with Crippen LogP contribution in [0.4, 0.5) is 23.2 Å². The summed E-state index contributed by atoms with van der Waals surface area (Å²) in [5, 5.41) is 10.3. The zero-order valence-electron chi connectivity index (χ0n) is 12.9. The molecule has 0 spiro atoms. The van der Waals surface area contributed by atoms with Gasteiger partial charge in [0.15, 0.2) is 5.75 Å². The second-order valence-electron chi connectivity index (χ2n) is 4.79. The number of aromatic nitrogens is 2. The van der Waals surface area contributed by atoms with E-state index in [9.17, 15) is 17.6 Å². The average molecular weight is 389 g/mol. The highest BCUT2D eigenvalue weighted by molar-refractivity contribution is 7.08. The minimum Gasteiger partial charge on any atom is -0.435 e. The van der Waals surface area contributed by atoms with Crippen LogP contribution in [0, 0.1) is 0 Å². The molecule has 0 fully saturated rings. The standard InChI is InChI=1S/C15H11F4N3O3S/c16-14(17)23-9-1-2-10(11(5-9)24-15(18)19)20-6-12-21-13(22-25-12)8-3-4-26-7-8/h1-5,7,14-15,20H,6H2. The van der Waals surface area contributed by atoms with Crippen molar-refractivity contribution in [3.63, 3.8) is 0 Å². The number of anilines is 1. The summed E-state index contributed by atoms with van der Waals surface area (Å²) in [7, 11) is 0. The topological polar surface area (TPSA) is 69.4 Å². The van der Waals surface area contributed by atoms with E-state index in [1.807, 2.05) is 16.8 Å². The van der Waals surface area contributed by atoms with E-state index < -0.39 is 13.2 Å². The van der Waals surface area contributed by atoms with E-state index in [0.717, 1.165) is 11.6 Å². The Morgan fingerprint density at radius 1 is 1.12 bits per heavy atom. The molecule has 138 valence electrons. The second-order valence-corrected chi connectivity index (χ2v) is 5.57. The van der Waals surface area contributed by atoms with Crippen molar-refractivity contribution >= 4 is 17.0 Å². The van der Waals surface area contributed by atoms with E-state index in [2.05, 4.69) is 24.9 Å². The molecule has 26 heavy (non-hydrogen) atoms. The number of ether oxygens (including phenoxy) is 2. The number of alkyl halides is 4. The van der Waals surface area contributed by atoms with Gasteiger partial charge in [-0.25, -0.2) is 0 Å². The van der Waals surface area contributed by atoms with Gasteiger partial charge in [0.2, 0.25) is 11.7 Å². The predicted molar refractivity (Wildman–Crippen MR) is 84.6 cm³/mol. The quantitative estimate of drug-likeness (QED) is 0.568. The summed E-state index contributed by atoms with van der Waals surface area (Å²) in [6, 6.07) is 5.22. The number of halogens is 4. The van der Waals surface area contributed by atoms with Crippen molar-refractivity contribution in [1.29, 1.82) is 0 Å². The van der Waals surface area contributed by atoms with Crippen molar-refractivity contribution in [2.24, 2.45) is 0 Å². The van der Waals surface area contributed by atoms with E-state index in [1.165, 1.54) is 23.5 Å². The maximum absolute atomic E-state index is 12.5. The molecule has 0 bridgehead atoms. The fourth-order valence-electron chi connectivity index (χ4n) is 2.02. The maximum atomic E-state index is 12.5. The number of hydrogen-bond donors (Lipinski definition) is 1. The van der Waals surface area contributed by atoms with Gasteiger partial charge in [-0.2, -0.15) is 33.9 Å². The molecule has 0 saturated carbocycles. The summed E-state index contributed by atoms with van der Waals surface area (Å²) in [5.74, 6) is -0.0515. The molecule has 2 aromatic heterocycles. The number of thiophene rings is 1. The van der Waals surface area contributed by atoms with Gasteiger partial charge in [0.1, 0.15) is 5.75 Å². The molecule has 0 radical (unpaired) electrons. The Morgan fingerprint density at radius 3 is 2.62 bits per heavy atom. The summed E-state index contributed by atoms with van der Waals surface area (Å²) < 4.78 is 63.2. The Kier molecular flexibility index (Phi) is 5.56. The molecule has 0 aliphatic heterocycles. The van der Waals surface area contributed by atoms with Crippen LogP contribution >= 0.6 is 11.3 Å². The highest BCUT2D eigenvalue weighted by atomic mass is 32.1. The third kappa shape index (κ3) is 4.63. The predicted octanol–water partition coefficient (Wildman–Crippen LogP) is 4.61. The molecular formula is C15H11F4N3O3S. The Balaban J connectivity index is 1.72. The lowest BCUT2D eigenvalue weighted by Crippen LogP contribution is -2.08. The first-order valence-corrected chi connectivity index (χ1v) is 8.08. The molecule has 1 aromatic carbocycles. The number of nitrogens with zero attached hydrogens (tertiary/aromatic N) is 2. The van der Waals surface area contributed by atoms with Crippen LogP contribution in [0.2, 0.25) is 0 Å². The molecule has 3 rings (SSSR count). The highest BCUT2D eigenvalue weighted by Gasteiger charge is 2.15. The molecular weight excluding hydrogens is 378 g/mol. The molecule has 0 amide bonds. The van der Waals surface area contributed by atoms with Gasteiger partial charge in [-0.15, -0.1) is 0 Å². The van der Waals surface area contributed by atoms with Crippen molar-refractivity contribution in [3.8, 4) is 22.9 Å². The number of nitrogens with one attached hydrogen (secondary N) is 1. The number of hydrogen-bond acceptors (Lipinski definition) is 7. The monoisotopic (exact) mass is 389 g/mol. The molecule has 2 heterocycles. The molecule has 0 atom stereocenters. The molecule has 1 N–H and O–H groups in total. The zero-order chi connectivity index (χ0) is 18.5. The van der Waals surface area contributed by atoms with Gasteiger partial charge in [-0.1, -0.05) is 5.16 Å². The Labute approximate surface area is 148 Å². The minimum atomic E-state index is -3.13. The zero-order valence-corrected chi connectivity index (χ0v) is 13.7. The van der Waals surface area contributed by atoms with Gasteiger partial charge in [0.05, 0.1) is 12.2 Å². The summed E-state index contributed by atoms with van der Waals surface area (Å²) in [6.07, 6.45) is 0. The van der Waals surface area contributed by atoms with Gasteiger partial charge >= 0.3 is 13.2 Å². The average Bonchev–Trinajstić information content (AvgIpc) is 3.24. The summed E-state index contributed by atoms with van der Waals surface area (Å²) in [4.78, 5) is 4.17. The first-order chi connectivity index (χ1) is 12.5. The third-order valence-electron chi connectivity index (χ3n) is 3.07. The van der Waals surface area contributed by atoms with E-state index >= 15 is 0 Å². The first kappa shape index (κ1) is 18.0. The van der Waals surface area contributed by atoms with E-state index in [4.69, 9.17) is 4.52 Å². The molecule has 0 aliphatic carbocycles. The number of benzene rings is 1. The van der Waals surface area contributed by atoms with Crippen LogP contribution in [-0.2, 0) is 6.54 Å². The Hall–Kier alpha value is -2.82. The maximum Gasteiger partial charge on any atom is 0.387 e. The molecule has 0 aliphatic rings. The van der Waals surface area contributed by atoms with Crippen molar-refractivity contribution in [2.75, 3.05) is 5.32 Å². The first-order valence-electron chi connectivity index (χ1n) is 7.14. The summed E-state index contributed by atoms with van der Waals surface area (Å²) in [6.45, 7) is -6.20. The van der Waals surface area contributed by atoms with Crippen LogP contribution in [0.15, 0.2) is 39.5 Å². The van der Waals surface area contributed by atoms with Gasteiger partial charge in [-0.05, 0) is 23.6 Å². The minimum absolute atomic E-state index is 0.0196. The van der Waals surface area contributed by atoms with E-state index in [1.54, 1.807) is 0 Å². The SMILES string of the molecule is FC(F)Oc1ccc(NCc2nc(-c3ccsc3)no2)c(OC(F)F)c1. The van der Waals surface area contributed by atoms with Crippen LogP contribution in [-0.4, -0.2) is 23.4 Å². The highest BCUT2D eigenvalue weighted by Crippen LogP contribution is 2.32. The van der Waals surface area contributed by atoms with Gasteiger partial charge in [0.25, 0.3) is 0 Å². The second kappa shape index (κ2) is 8.04. The van der Waals surface area contributed by atoms with Crippen LogP contribution in [0.3, 0.4) is 0 Å². The molecule has 0 unspecified atom stereocenters. The lowest BCUT2D eigenvalue weighted by Gasteiger charge is -2.13. The fourth-order valence-corrected chi connectivity index (χ4v) is 2.66. The van der Waals surface area contributed by atoms with Crippen molar-refractivity contribution in [1.82, 2.24) is 10.1 Å². The lowest BCUT2D eigenvalue weighted by atomic mass is 10.2. The van der Waals surface area contributed by atoms with Gasteiger partial charge < -0.3 is 19.3 Å². The van der Waals surface area contributed by atoms with Crippen LogP contribution in [0.25, 0.3) is 11.4 Å². The van der Waals surface area contributed by atoms with E-state index in [-0.39, 0.29) is 29.6 Å². The largest absolute Gasteiger partial charge is 0.435 e. The van der Waals surface area contributed by atoms with Crippen molar-refractivity contribution in [2.45, 2.75) is 19.8 Å². The fraction of sp³-hybridized carbons (Fsp3) is 0.200. The van der Waals surface area contributed by atoms with Crippen LogP contribution in [0.1, 0.15) is 5.89 Å². The Bertz CT molecular complexity index is 843. The Morgan fingerprint density at radius 2 is 1.92 bits per heavy atom. The summed E-state index contributed by atoms with van der Waals surface area (Å²) >= 11 is 1.48. The number of rotatable bonds is 8. The molecule has 6 nitrogen and oxygen atoms in total. The van der Waals surface area contributed by atoms with Crippen molar-refractivity contribution in [3.05, 3.63) is 40.9 Å². The van der Waals surface area contributed by atoms with Gasteiger partial charge in [0, 0.05) is 17.0 Å². The van der Waals surface area contributed by atoms with E-state index in [0.29, 0.717) is 5.82 Å². The van der Waals surface area contributed by atoms with Gasteiger partial charge in [-0.3, -0.25) is 0 Å². The molecule has 3 aromatic rings. The lowest BCUT2D eigenvalue weighted by molar-refractivity contribution is -0.0539.